The molecule has 0 unspecified atom stereocenters. The molecule has 0 aliphatic heterocycles. The van der Waals surface area contributed by atoms with Crippen LogP contribution >= 0.6 is 0 Å². The summed E-state index contributed by atoms with van der Waals surface area (Å²) >= 11 is 0. The van der Waals surface area contributed by atoms with Crippen molar-refractivity contribution in [3.63, 3.8) is 0 Å². The van der Waals surface area contributed by atoms with Crippen molar-refractivity contribution in [2.75, 3.05) is 7.05 Å². The standard InChI is InChI=1S/C16H18N2O3S/c1-12(13-6-4-3-5-7-13)18-22(20,21)15-10-8-14(9-11-15)16(19)17-2/h3-12,18H,1-2H3,(H,17,19)/t12-/m0/s1. The maximum atomic E-state index is 12.4. The van der Waals surface area contributed by atoms with Gasteiger partial charge in [0.25, 0.3) is 5.91 Å². The number of benzene rings is 2. The largest absolute Gasteiger partial charge is 0.355 e. The van der Waals surface area contributed by atoms with Crippen LogP contribution in [-0.2, 0) is 10.0 Å². The van der Waals surface area contributed by atoms with Crippen molar-refractivity contribution in [1.82, 2.24) is 10.0 Å². The Morgan fingerprint density at radius 1 is 1.00 bits per heavy atom. The van der Waals surface area contributed by atoms with Crippen LogP contribution in [0.1, 0.15) is 28.9 Å². The van der Waals surface area contributed by atoms with Gasteiger partial charge in [-0.1, -0.05) is 30.3 Å². The fourth-order valence-electron chi connectivity index (χ4n) is 2.04. The van der Waals surface area contributed by atoms with Crippen molar-refractivity contribution in [3.05, 3.63) is 65.7 Å². The highest BCUT2D eigenvalue weighted by molar-refractivity contribution is 7.89. The third kappa shape index (κ3) is 3.72. The van der Waals surface area contributed by atoms with E-state index in [1.54, 1.807) is 6.92 Å². The molecule has 0 radical (unpaired) electrons. The molecule has 0 fully saturated rings. The second-order valence-electron chi connectivity index (χ2n) is 4.86. The molecule has 0 saturated carbocycles. The minimum absolute atomic E-state index is 0.128. The number of hydrogen-bond acceptors (Lipinski definition) is 3. The van der Waals surface area contributed by atoms with Crippen LogP contribution in [0.5, 0.6) is 0 Å². The molecule has 0 aromatic heterocycles. The first-order chi connectivity index (χ1) is 10.4. The van der Waals surface area contributed by atoms with Gasteiger partial charge in [-0.15, -0.1) is 0 Å². The first kappa shape index (κ1) is 16.2. The van der Waals surface area contributed by atoms with E-state index in [1.165, 1.54) is 31.3 Å². The van der Waals surface area contributed by atoms with Crippen molar-refractivity contribution in [2.24, 2.45) is 0 Å². The molecule has 22 heavy (non-hydrogen) atoms. The average molecular weight is 318 g/mol. The van der Waals surface area contributed by atoms with Gasteiger partial charge in [0.15, 0.2) is 0 Å². The fraction of sp³-hybridized carbons (Fsp3) is 0.188. The highest BCUT2D eigenvalue weighted by Crippen LogP contribution is 2.17. The zero-order valence-corrected chi connectivity index (χ0v) is 13.2. The lowest BCUT2D eigenvalue weighted by Gasteiger charge is -2.14. The number of hydrogen-bond donors (Lipinski definition) is 2. The maximum absolute atomic E-state index is 12.4. The summed E-state index contributed by atoms with van der Waals surface area (Å²) in [4.78, 5) is 11.6. The highest BCUT2D eigenvalue weighted by Gasteiger charge is 2.18. The monoisotopic (exact) mass is 318 g/mol. The Balaban J connectivity index is 2.18. The van der Waals surface area contributed by atoms with Gasteiger partial charge in [0.05, 0.1) is 4.90 Å². The van der Waals surface area contributed by atoms with Gasteiger partial charge in [0, 0.05) is 18.7 Å². The van der Waals surface area contributed by atoms with E-state index >= 15 is 0 Å². The summed E-state index contributed by atoms with van der Waals surface area (Å²) in [6.45, 7) is 1.78. The first-order valence-electron chi connectivity index (χ1n) is 6.83. The van der Waals surface area contributed by atoms with Gasteiger partial charge >= 0.3 is 0 Å². The van der Waals surface area contributed by atoms with E-state index in [4.69, 9.17) is 0 Å². The Kier molecular flexibility index (Phi) is 4.95. The molecule has 2 aromatic carbocycles. The Morgan fingerprint density at radius 2 is 1.59 bits per heavy atom. The first-order valence-corrected chi connectivity index (χ1v) is 8.32. The Labute approximate surface area is 130 Å². The van der Waals surface area contributed by atoms with Crippen LogP contribution in [0.4, 0.5) is 0 Å². The lowest BCUT2D eigenvalue weighted by atomic mass is 10.1. The summed E-state index contributed by atoms with van der Waals surface area (Å²) in [5, 5.41) is 2.49. The van der Waals surface area contributed by atoms with E-state index in [1.807, 2.05) is 30.3 Å². The molecular formula is C16H18N2O3S. The molecule has 0 aliphatic rings. The summed E-state index contributed by atoms with van der Waals surface area (Å²) in [6.07, 6.45) is 0. The van der Waals surface area contributed by atoms with Crippen molar-refractivity contribution in [2.45, 2.75) is 17.9 Å². The van der Waals surface area contributed by atoms with E-state index < -0.39 is 10.0 Å². The molecule has 2 aromatic rings. The van der Waals surface area contributed by atoms with Gasteiger partial charge in [-0.25, -0.2) is 13.1 Å². The highest BCUT2D eigenvalue weighted by atomic mass is 32.2. The lowest BCUT2D eigenvalue weighted by molar-refractivity contribution is 0.0963. The fourth-order valence-corrected chi connectivity index (χ4v) is 3.27. The van der Waals surface area contributed by atoms with Crippen molar-refractivity contribution in [1.29, 1.82) is 0 Å². The molecule has 0 saturated heterocycles. The number of sulfonamides is 1. The van der Waals surface area contributed by atoms with Crippen LogP contribution in [0, 0.1) is 0 Å². The number of nitrogens with one attached hydrogen (secondary N) is 2. The number of carbonyl (C=O) groups excluding carboxylic acids is 1. The molecule has 5 nitrogen and oxygen atoms in total. The van der Waals surface area contributed by atoms with Gasteiger partial charge < -0.3 is 5.32 Å². The molecule has 0 bridgehead atoms. The zero-order valence-electron chi connectivity index (χ0n) is 12.4. The van der Waals surface area contributed by atoms with Gasteiger partial charge in [-0.2, -0.15) is 0 Å². The van der Waals surface area contributed by atoms with Crippen LogP contribution in [0.25, 0.3) is 0 Å². The number of amides is 1. The van der Waals surface area contributed by atoms with Gasteiger partial charge in [0.1, 0.15) is 0 Å². The summed E-state index contributed by atoms with van der Waals surface area (Å²) in [5.74, 6) is -0.255. The summed E-state index contributed by atoms with van der Waals surface area (Å²) < 4.78 is 27.3. The minimum atomic E-state index is -3.64. The topological polar surface area (TPSA) is 75.3 Å². The summed E-state index contributed by atoms with van der Waals surface area (Å²) in [7, 11) is -2.11. The van der Waals surface area contributed by atoms with Crippen LogP contribution in [0.2, 0.25) is 0 Å². The SMILES string of the molecule is CNC(=O)c1ccc(S(=O)(=O)N[C@@H](C)c2ccccc2)cc1. The van der Waals surface area contributed by atoms with Crippen molar-refractivity contribution < 1.29 is 13.2 Å². The molecule has 1 amide bonds. The summed E-state index contributed by atoms with van der Waals surface area (Å²) in [6, 6.07) is 14.8. The molecule has 1 atom stereocenters. The van der Waals surface area contributed by atoms with Gasteiger partial charge in [-0.05, 0) is 36.8 Å². The third-order valence-electron chi connectivity index (χ3n) is 3.29. The Hall–Kier alpha value is -2.18. The normalized spacial score (nSPS) is 12.6. The van der Waals surface area contributed by atoms with E-state index in [-0.39, 0.29) is 16.8 Å². The third-order valence-corrected chi connectivity index (χ3v) is 4.84. The molecule has 6 heteroatoms. The predicted octanol–water partition coefficient (Wildman–Crippen LogP) is 2.09. The average Bonchev–Trinajstić information content (AvgIpc) is 2.54. The van der Waals surface area contributed by atoms with Crippen LogP contribution < -0.4 is 10.0 Å². The molecule has 116 valence electrons. The zero-order chi connectivity index (χ0) is 16.2. The maximum Gasteiger partial charge on any atom is 0.251 e. The van der Waals surface area contributed by atoms with E-state index in [9.17, 15) is 13.2 Å². The molecular weight excluding hydrogens is 300 g/mol. The van der Waals surface area contributed by atoms with Gasteiger partial charge in [0.2, 0.25) is 10.0 Å². The molecule has 2 N–H and O–H groups in total. The van der Waals surface area contributed by atoms with Crippen molar-refractivity contribution in [3.8, 4) is 0 Å². The predicted molar refractivity (Wildman–Crippen MR) is 85.0 cm³/mol. The minimum Gasteiger partial charge on any atom is -0.355 e. The van der Waals surface area contributed by atoms with E-state index in [0.717, 1.165) is 5.56 Å². The quantitative estimate of drug-likeness (QED) is 0.886. The number of carbonyl (C=O) groups is 1. The van der Waals surface area contributed by atoms with Crippen LogP contribution in [0.15, 0.2) is 59.5 Å². The van der Waals surface area contributed by atoms with Crippen molar-refractivity contribution >= 4 is 15.9 Å². The summed E-state index contributed by atoms with van der Waals surface area (Å²) in [5.41, 5.74) is 1.30. The smallest absolute Gasteiger partial charge is 0.251 e. The Morgan fingerprint density at radius 3 is 2.14 bits per heavy atom. The van der Waals surface area contributed by atoms with Crippen LogP contribution in [-0.4, -0.2) is 21.4 Å². The Bertz CT molecular complexity index is 741. The second kappa shape index (κ2) is 6.72. The van der Waals surface area contributed by atoms with E-state index in [0.29, 0.717) is 5.56 Å². The second-order valence-corrected chi connectivity index (χ2v) is 6.57. The molecule has 0 aliphatic carbocycles. The molecule has 2 rings (SSSR count). The van der Waals surface area contributed by atoms with Gasteiger partial charge in [-0.3, -0.25) is 4.79 Å². The number of rotatable bonds is 5. The molecule has 0 heterocycles. The van der Waals surface area contributed by atoms with Crippen LogP contribution in [0.3, 0.4) is 0 Å². The van der Waals surface area contributed by atoms with E-state index in [2.05, 4.69) is 10.0 Å². The lowest BCUT2D eigenvalue weighted by Crippen LogP contribution is -2.27. The molecule has 0 spiro atoms.